The van der Waals surface area contributed by atoms with Crippen molar-refractivity contribution in [1.82, 2.24) is 15.0 Å². The molecule has 3 rings (SSSR count). The lowest BCUT2D eigenvalue weighted by atomic mass is 10.1. The van der Waals surface area contributed by atoms with Gasteiger partial charge in [-0.2, -0.15) is 0 Å². The Morgan fingerprint density at radius 3 is 2.74 bits per heavy atom. The molecule has 0 atom stereocenters. The minimum absolute atomic E-state index is 0.180. The van der Waals surface area contributed by atoms with Crippen LogP contribution in [0.4, 0.5) is 16.4 Å². The fourth-order valence-corrected chi connectivity index (χ4v) is 2.89. The number of ether oxygens (including phenoxy) is 1. The maximum atomic E-state index is 12.3. The number of pyridine rings is 1. The number of aryl methyl sites for hydroxylation is 1. The van der Waals surface area contributed by atoms with E-state index in [0.717, 1.165) is 12.8 Å². The number of piperidine rings is 1. The third kappa shape index (κ3) is 4.96. The third-order valence-electron chi connectivity index (χ3n) is 4.26. The van der Waals surface area contributed by atoms with Crippen molar-refractivity contribution in [2.24, 2.45) is 0 Å². The van der Waals surface area contributed by atoms with Gasteiger partial charge in [-0.15, -0.1) is 0 Å². The Hall–Kier alpha value is -3.10. The van der Waals surface area contributed by atoms with Crippen LogP contribution in [-0.4, -0.2) is 52.8 Å². The molecule has 0 saturated carbocycles. The number of nitrogens with zero attached hydrogens (tertiary/aromatic N) is 3. The Morgan fingerprint density at radius 2 is 2.07 bits per heavy atom. The Bertz CT molecular complexity index is 799. The molecule has 2 N–H and O–H groups in total. The van der Waals surface area contributed by atoms with Crippen LogP contribution in [0.1, 0.15) is 35.9 Å². The van der Waals surface area contributed by atoms with Gasteiger partial charge in [-0.3, -0.25) is 4.79 Å². The Kier molecular flexibility index (Phi) is 5.90. The first-order chi connectivity index (χ1) is 13.0. The number of hydrogen-bond donors (Lipinski definition) is 2. The van der Waals surface area contributed by atoms with Crippen LogP contribution in [0.15, 0.2) is 28.9 Å². The zero-order valence-electron chi connectivity index (χ0n) is 15.4. The molecule has 0 radical (unpaired) electrons. The van der Waals surface area contributed by atoms with Gasteiger partial charge in [0.05, 0.1) is 6.61 Å². The van der Waals surface area contributed by atoms with Crippen molar-refractivity contribution in [3.63, 3.8) is 0 Å². The fourth-order valence-electron chi connectivity index (χ4n) is 2.89. The van der Waals surface area contributed by atoms with Gasteiger partial charge >= 0.3 is 6.09 Å². The van der Waals surface area contributed by atoms with Crippen molar-refractivity contribution in [2.45, 2.75) is 32.7 Å². The summed E-state index contributed by atoms with van der Waals surface area (Å²) < 4.78 is 9.97. The van der Waals surface area contributed by atoms with Crippen molar-refractivity contribution >= 4 is 23.6 Å². The average molecular weight is 373 g/mol. The molecule has 1 aliphatic rings. The number of nitrogens with one attached hydrogen (secondary N) is 2. The molecule has 9 heteroatoms. The first-order valence-corrected chi connectivity index (χ1v) is 8.94. The molecule has 1 saturated heterocycles. The highest BCUT2D eigenvalue weighted by Crippen LogP contribution is 2.17. The molecule has 9 nitrogen and oxygen atoms in total. The molecule has 0 aromatic carbocycles. The summed E-state index contributed by atoms with van der Waals surface area (Å²) in [6.07, 6.45) is 2.89. The highest BCUT2D eigenvalue weighted by atomic mass is 16.6. The molecule has 3 heterocycles. The second kappa shape index (κ2) is 8.52. The molecule has 2 aromatic rings. The predicted octanol–water partition coefficient (Wildman–Crippen LogP) is 2.66. The van der Waals surface area contributed by atoms with Gasteiger partial charge in [0.2, 0.25) is 0 Å². The van der Waals surface area contributed by atoms with Crippen LogP contribution in [0.5, 0.6) is 0 Å². The van der Waals surface area contributed by atoms with Crippen molar-refractivity contribution in [2.75, 3.05) is 30.3 Å². The van der Waals surface area contributed by atoms with Crippen LogP contribution >= 0.6 is 0 Å². The van der Waals surface area contributed by atoms with Crippen molar-refractivity contribution in [3.05, 3.63) is 35.7 Å². The van der Waals surface area contributed by atoms with E-state index < -0.39 is 0 Å². The quantitative estimate of drug-likeness (QED) is 0.829. The zero-order valence-corrected chi connectivity index (χ0v) is 15.4. The number of amides is 2. The number of rotatable bonds is 5. The lowest BCUT2D eigenvalue weighted by molar-refractivity contribution is 0.0981. The van der Waals surface area contributed by atoms with Crippen molar-refractivity contribution < 1.29 is 18.8 Å². The van der Waals surface area contributed by atoms with Crippen LogP contribution in [0.25, 0.3) is 0 Å². The van der Waals surface area contributed by atoms with E-state index in [9.17, 15) is 9.59 Å². The van der Waals surface area contributed by atoms with Crippen LogP contribution in [0.3, 0.4) is 0 Å². The predicted molar refractivity (Wildman–Crippen MR) is 98.7 cm³/mol. The van der Waals surface area contributed by atoms with Gasteiger partial charge in [0.15, 0.2) is 5.82 Å². The average Bonchev–Trinajstić information content (AvgIpc) is 3.07. The number of carbonyl (C=O) groups excluding carboxylic acids is 2. The van der Waals surface area contributed by atoms with Crippen LogP contribution in [-0.2, 0) is 4.74 Å². The minimum Gasteiger partial charge on any atom is -0.450 e. The smallest absolute Gasteiger partial charge is 0.409 e. The van der Waals surface area contributed by atoms with Crippen molar-refractivity contribution in [3.8, 4) is 0 Å². The van der Waals surface area contributed by atoms with E-state index in [2.05, 4.69) is 20.8 Å². The van der Waals surface area contributed by atoms with E-state index in [0.29, 0.717) is 42.7 Å². The molecule has 0 bridgehead atoms. The monoisotopic (exact) mass is 373 g/mol. The Labute approximate surface area is 157 Å². The number of likely N-dealkylation sites (tertiary alicyclic amines) is 1. The summed E-state index contributed by atoms with van der Waals surface area (Å²) in [6.45, 7) is 5.18. The molecular weight excluding hydrogens is 350 g/mol. The summed E-state index contributed by atoms with van der Waals surface area (Å²) in [5.41, 5.74) is 0.470. The highest BCUT2D eigenvalue weighted by Gasteiger charge is 2.23. The van der Waals surface area contributed by atoms with Gasteiger partial charge in [-0.05, 0) is 38.8 Å². The Morgan fingerprint density at radius 1 is 1.30 bits per heavy atom. The fraction of sp³-hybridized carbons (Fsp3) is 0.444. The van der Waals surface area contributed by atoms with E-state index in [1.54, 1.807) is 43.1 Å². The summed E-state index contributed by atoms with van der Waals surface area (Å²) in [7, 11) is 0. The first kappa shape index (κ1) is 18.7. The lowest BCUT2D eigenvalue weighted by Gasteiger charge is -2.31. The van der Waals surface area contributed by atoms with E-state index >= 15 is 0 Å². The second-order valence-corrected chi connectivity index (χ2v) is 6.31. The number of hydrogen-bond acceptors (Lipinski definition) is 7. The second-order valence-electron chi connectivity index (χ2n) is 6.31. The summed E-state index contributed by atoms with van der Waals surface area (Å²) in [5, 5.41) is 9.77. The molecule has 144 valence electrons. The Balaban J connectivity index is 1.55. The summed E-state index contributed by atoms with van der Waals surface area (Å²) in [6, 6.07) is 5.16. The van der Waals surface area contributed by atoms with Crippen molar-refractivity contribution in [1.29, 1.82) is 0 Å². The number of carbonyl (C=O) groups is 2. The third-order valence-corrected chi connectivity index (χ3v) is 4.26. The maximum Gasteiger partial charge on any atom is 0.409 e. The van der Waals surface area contributed by atoms with Crippen LogP contribution in [0, 0.1) is 6.92 Å². The van der Waals surface area contributed by atoms with Gasteiger partial charge < -0.3 is 24.8 Å². The lowest BCUT2D eigenvalue weighted by Crippen LogP contribution is -2.42. The largest absolute Gasteiger partial charge is 0.450 e. The minimum atomic E-state index is -0.286. The van der Waals surface area contributed by atoms with Crippen LogP contribution in [0.2, 0.25) is 0 Å². The van der Waals surface area contributed by atoms with Gasteiger partial charge in [-0.1, -0.05) is 5.16 Å². The van der Waals surface area contributed by atoms with Gasteiger partial charge in [0, 0.05) is 37.0 Å². The van der Waals surface area contributed by atoms with Gasteiger partial charge in [-0.25, -0.2) is 9.78 Å². The van der Waals surface area contributed by atoms with E-state index in [4.69, 9.17) is 9.26 Å². The molecule has 27 heavy (non-hydrogen) atoms. The van der Waals surface area contributed by atoms with E-state index in [1.807, 2.05) is 0 Å². The van der Waals surface area contributed by atoms with E-state index in [-0.39, 0.29) is 18.0 Å². The molecule has 2 amide bonds. The van der Waals surface area contributed by atoms with Crippen LogP contribution < -0.4 is 10.6 Å². The summed E-state index contributed by atoms with van der Waals surface area (Å²) >= 11 is 0. The number of anilines is 2. The standard InChI is InChI=1S/C18H23N5O4/c1-3-26-18(25)23-8-5-14(6-9-23)20-15-11-13(4-7-19-15)17(24)21-16-10-12(2)27-22-16/h4,7,10-11,14H,3,5-6,8-9H2,1-2H3,(H,19,20)(H,21,22,24). The van der Waals surface area contributed by atoms with Gasteiger partial charge in [0.1, 0.15) is 11.6 Å². The maximum absolute atomic E-state index is 12.3. The molecule has 0 unspecified atom stereocenters. The number of aromatic nitrogens is 2. The SMILES string of the molecule is CCOC(=O)N1CCC(Nc2cc(C(=O)Nc3cc(C)on3)ccn2)CC1. The normalized spacial score (nSPS) is 14.7. The summed E-state index contributed by atoms with van der Waals surface area (Å²) in [4.78, 5) is 30.1. The molecule has 1 aliphatic heterocycles. The van der Waals surface area contributed by atoms with E-state index in [1.165, 1.54) is 0 Å². The molecule has 2 aromatic heterocycles. The zero-order chi connectivity index (χ0) is 19.2. The topological polar surface area (TPSA) is 110 Å². The summed E-state index contributed by atoms with van der Waals surface area (Å²) in [5.74, 6) is 1.33. The molecule has 1 fully saturated rings. The highest BCUT2D eigenvalue weighted by molar-refractivity contribution is 6.04. The molecular formula is C18H23N5O4. The molecule has 0 aliphatic carbocycles. The van der Waals surface area contributed by atoms with Gasteiger partial charge in [0.25, 0.3) is 5.91 Å². The first-order valence-electron chi connectivity index (χ1n) is 8.94. The molecule has 0 spiro atoms.